The lowest BCUT2D eigenvalue weighted by Gasteiger charge is -2.34. The largest absolute Gasteiger partial charge is 0.374 e. The highest BCUT2D eigenvalue weighted by atomic mass is 35.5. The summed E-state index contributed by atoms with van der Waals surface area (Å²) < 4.78 is 5.30. The van der Waals surface area contributed by atoms with Crippen LogP contribution in [0.3, 0.4) is 0 Å². The summed E-state index contributed by atoms with van der Waals surface area (Å²) in [5.74, 6) is 0.831. The van der Waals surface area contributed by atoms with Crippen LogP contribution in [0.15, 0.2) is 6.07 Å². The number of nitrogens with zero attached hydrogens (tertiary/aromatic N) is 3. The smallest absolute Gasteiger partial charge is 0.240 e. The molecule has 6 nitrogen and oxygen atoms in total. The summed E-state index contributed by atoms with van der Waals surface area (Å²) in [5.41, 5.74) is 5.47. The quantitative estimate of drug-likeness (QED) is 0.833. The van der Waals surface area contributed by atoms with E-state index in [4.69, 9.17) is 22.1 Å². The van der Waals surface area contributed by atoms with Gasteiger partial charge >= 0.3 is 0 Å². The van der Waals surface area contributed by atoms with Gasteiger partial charge in [0.05, 0.1) is 0 Å². The number of aromatic nitrogens is 2. The Labute approximate surface area is 123 Å². The molecule has 1 aromatic rings. The number of carbonyl (C=O) groups is 1. The van der Waals surface area contributed by atoms with Gasteiger partial charge in [-0.2, -0.15) is 0 Å². The van der Waals surface area contributed by atoms with Gasteiger partial charge in [0.1, 0.15) is 23.6 Å². The molecule has 1 atom stereocenters. The molecule has 1 saturated heterocycles. The van der Waals surface area contributed by atoms with Gasteiger partial charge in [-0.15, -0.1) is 0 Å². The van der Waals surface area contributed by atoms with Gasteiger partial charge in [0, 0.05) is 19.2 Å². The number of carbonyl (C=O) groups excluding carboxylic acids is 1. The molecule has 0 aromatic carbocycles. The summed E-state index contributed by atoms with van der Waals surface area (Å²) in [7, 11) is 0. The molecule has 0 radical (unpaired) electrons. The van der Waals surface area contributed by atoms with E-state index in [1.54, 1.807) is 6.07 Å². The second-order valence-corrected chi connectivity index (χ2v) is 5.10. The number of hydrogen-bond donors (Lipinski definition) is 1. The molecular weight excluding hydrogens is 280 g/mol. The van der Waals surface area contributed by atoms with Crippen molar-refractivity contribution in [3.63, 3.8) is 0 Å². The fourth-order valence-electron chi connectivity index (χ4n) is 2.36. The average molecular weight is 299 g/mol. The predicted molar refractivity (Wildman–Crippen MR) is 76.6 cm³/mol. The molecule has 0 spiro atoms. The second-order valence-electron chi connectivity index (χ2n) is 4.71. The van der Waals surface area contributed by atoms with E-state index in [-0.39, 0.29) is 11.9 Å². The minimum Gasteiger partial charge on any atom is -0.374 e. The summed E-state index contributed by atoms with van der Waals surface area (Å²) >= 11 is 6.03. The highest BCUT2D eigenvalue weighted by Gasteiger charge is 2.28. The highest BCUT2D eigenvalue weighted by Crippen LogP contribution is 2.25. The molecule has 1 aromatic heterocycles. The second kappa shape index (κ2) is 6.85. The Hall–Kier alpha value is -1.40. The molecule has 7 heteroatoms. The van der Waals surface area contributed by atoms with Crippen LogP contribution in [0, 0.1) is 0 Å². The maximum atomic E-state index is 11.6. The van der Waals surface area contributed by atoms with Crippen molar-refractivity contribution in [3.05, 3.63) is 17.0 Å². The van der Waals surface area contributed by atoms with Gasteiger partial charge < -0.3 is 15.4 Å². The molecule has 1 amide bonds. The van der Waals surface area contributed by atoms with Crippen LogP contribution in [0.1, 0.15) is 32.0 Å². The molecule has 1 unspecified atom stereocenters. The molecule has 0 aliphatic carbocycles. The summed E-state index contributed by atoms with van der Waals surface area (Å²) in [5, 5.41) is 0.346. The van der Waals surface area contributed by atoms with Crippen LogP contribution in [0.2, 0.25) is 5.15 Å². The van der Waals surface area contributed by atoms with Gasteiger partial charge in [-0.3, -0.25) is 4.79 Å². The fraction of sp³-hybridized carbons (Fsp3) is 0.615. The number of rotatable bonds is 5. The van der Waals surface area contributed by atoms with Crippen molar-refractivity contribution in [3.8, 4) is 0 Å². The van der Waals surface area contributed by atoms with Crippen molar-refractivity contribution < 1.29 is 9.53 Å². The first-order chi connectivity index (χ1) is 9.61. The molecule has 2 N–H and O–H groups in total. The predicted octanol–water partition coefficient (Wildman–Crippen LogP) is 1.51. The Kier molecular flexibility index (Phi) is 5.14. The van der Waals surface area contributed by atoms with Crippen LogP contribution in [0.4, 0.5) is 5.82 Å². The lowest BCUT2D eigenvalue weighted by Crippen LogP contribution is -2.48. The van der Waals surface area contributed by atoms with Gasteiger partial charge in [0.15, 0.2) is 5.82 Å². The standard InChI is InChI=1S/C13H19ClN4O2/c1-2-20-8-11-16-10(14)7-12(17-11)18-6-4-3-5-9(18)13(15)19/h7,9H,2-6,8H2,1H3,(H2,15,19). The third-order valence-electron chi connectivity index (χ3n) is 3.29. The summed E-state index contributed by atoms with van der Waals surface area (Å²) in [6.07, 6.45) is 2.75. The Morgan fingerprint density at radius 2 is 2.35 bits per heavy atom. The Morgan fingerprint density at radius 3 is 3.05 bits per heavy atom. The molecule has 0 saturated carbocycles. The fourth-order valence-corrected chi connectivity index (χ4v) is 2.55. The lowest BCUT2D eigenvalue weighted by atomic mass is 10.0. The zero-order chi connectivity index (χ0) is 14.5. The molecular formula is C13H19ClN4O2. The summed E-state index contributed by atoms with van der Waals surface area (Å²) in [6, 6.07) is 1.34. The van der Waals surface area contributed by atoms with Crippen molar-refractivity contribution in [2.75, 3.05) is 18.1 Å². The molecule has 2 heterocycles. The number of halogens is 1. The third kappa shape index (κ3) is 3.58. The first kappa shape index (κ1) is 15.0. The SMILES string of the molecule is CCOCc1nc(Cl)cc(N2CCCCC2C(N)=O)n1. The van der Waals surface area contributed by atoms with Crippen molar-refractivity contribution >= 4 is 23.3 Å². The first-order valence-electron chi connectivity index (χ1n) is 6.79. The van der Waals surface area contributed by atoms with Gasteiger partial charge in [-0.1, -0.05) is 11.6 Å². The van der Waals surface area contributed by atoms with E-state index in [1.165, 1.54) is 0 Å². The average Bonchev–Trinajstić information content (AvgIpc) is 2.44. The Morgan fingerprint density at radius 1 is 1.55 bits per heavy atom. The zero-order valence-corrected chi connectivity index (χ0v) is 12.3. The van der Waals surface area contributed by atoms with Gasteiger partial charge in [0.25, 0.3) is 0 Å². The minimum atomic E-state index is -0.328. The van der Waals surface area contributed by atoms with E-state index in [9.17, 15) is 4.79 Å². The van der Waals surface area contributed by atoms with Crippen molar-refractivity contribution in [1.29, 1.82) is 0 Å². The Balaban J connectivity index is 2.25. The maximum Gasteiger partial charge on any atom is 0.240 e. The maximum absolute atomic E-state index is 11.6. The Bertz CT molecular complexity index is 483. The minimum absolute atomic E-state index is 0.305. The van der Waals surface area contributed by atoms with Crippen LogP contribution in [-0.4, -0.2) is 35.1 Å². The number of anilines is 1. The normalized spacial score (nSPS) is 19.1. The van der Waals surface area contributed by atoms with Gasteiger partial charge in [0.2, 0.25) is 5.91 Å². The molecule has 2 rings (SSSR count). The molecule has 110 valence electrons. The van der Waals surface area contributed by atoms with Crippen LogP contribution >= 0.6 is 11.6 Å². The third-order valence-corrected chi connectivity index (χ3v) is 3.48. The van der Waals surface area contributed by atoms with E-state index >= 15 is 0 Å². The topological polar surface area (TPSA) is 81.3 Å². The van der Waals surface area contributed by atoms with Crippen molar-refractivity contribution in [2.45, 2.75) is 38.8 Å². The number of piperidine rings is 1. The van der Waals surface area contributed by atoms with E-state index in [0.717, 1.165) is 25.8 Å². The van der Waals surface area contributed by atoms with Crippen LogP contribution in [0.25, 0.3) is 0 Å². The molecule has 20 heavy (non-hydrogen) atoms. The summed E-state index contributed by atoms with van der Waals surface area (Å²) in [4.78, 5) is 22.0. The van der Waals surface area contributed by atoms with Gasteiger partial charge in [-0.05, 0) is 26.2 Å². The van der Waals surface area contributed by atoms with Crippen LogP contribution < -0.4 is 10.6 Å². The zero-order valence-electron chi connectivity index (χ0n) is 11.5. The van der Waals surface area contributed by atoms with Gasteiger partial charge in [-0.25, -0.2) is 9.97 Å². The van der Waals surface area contributed by atoms with E-state index in [0.29, 0.717) is 30.0 Å². The number of amides is 1. The van der Waals surface area contributed by atoms with E-state index < -0.39 is 0 Å². The first-order valence-corrected chi connectivity index (χ1v) is 7.16. The van der Waals surface area contributed by atoms with Crippen LogP contribution in [0.5, 0.6) is 0 Å². The number of hydrogen-bond acceptors (Lipinski definition) is 5. The van der Waals surface area contributed by atoms with Crippen molar-refractivity contribution in [1.82, 2.24) is 9.97 Å². The molecule has 1 aliphatic heterocycles. The number of nitrogens with two attached hydrogens (primary N) is 1. The lowest BCUT2D eigenvalue weighted by molar-refractivity contribution is -0.119. The van der Waals surface area contributed by atoms with E-state index in [1.807, 2.05) is 11.8 Å². The van der Waals surface area contributed by atoms with E-state index in [2.05, 4.69) is 9.97 Å². The monoisotopic (exact) mass is 298 g/mol. The molecule has 1 aliphatic rings. The number of primary amides is 1. The molecule has 0 bridgehead atoms. The number of ether oxygens (including phenoxy) is 1. The molecule has 1 fully saturated rings. The summed E-state index contributed by atoms with van der Waals surface area (Å²) in [6.45, 7) is 3.53. The van der Waals surface area contributed by atoms with Crippen LogP contribution in [-0.2, 0) is 16.1 Å². The highest BCUT2D eigenvalue weighted by molar-refractivity contribution is 6.29. The van der Waals surface area contributed by atoms with Crippen molar-refractivity contribution in [2.24, 2.45) is 5.73 Å².